The van der Waals surface area contributed by atoms with E-state index in [-0.39, 0.29) is 43.7 Å². The van der Waals surface area contributed by atoms with Gasteiger partial charge in [0.15, 0.2) is 0 Å². The molecule has 3 aromatic heterocycles. The second kappa shape index (κ2) is 23.0. The van der Waals surface area contributed by atoms with Gasteiger partial charge in [-0.25, -0.2) is 4.98 Å². The van der Waals surface area contributed by atoms with Crippen LogP contribution in [-0.2, 0) is 31.9 Å². The van der Waals surface area contributed by atoms with Gasteiger partial charge in [-0.1, -0.05) is 227 Å². The van der Waals surface area contributed by atoms with Gasteiger partial charge < -0.3 is 19.1 Å². The quantitative estimate of drug-likeness (QED) is 0.114. The average Bonchev–Trinajstić information content (AvgIpc) is 1.86. The number of anilines is 4. The fourth-order valence-electron chi connectivity index (χ4n) is 12.3. The second-order valence-electron chi connectivity index (χ2n) is 25.9. The molecule has 1 aliphatic rings. The zero-order valence-electron chi connectivity index (χ0n) is 51.3. The van der Waals surface area contributed by atoms with E-state index >= 15 is 0 Å². The van der Waals surface area contributed by atoms with Crippen molar-refractivity contribution in [3.63, 3.8) is 0 Å². The number of hydrogen-bond acceptors (Lipinski definition) is 5. The van der Waals surface area contributed by atoms with Crippen LogP contribution in [0.25, 0.3) is 81.5 Å². The van der Waals surface area contributed by atoms with Gasteiger partial charge in [0.25, 0.3) is 0 Å². The van der Waals surface area contributed by atoms with Crippen molar-refractivity contribution < 1.29 is 25.8 Å². The smallest absolute Gasteiger partial charge is 0.135 e. The number of aromatic nitrogens is 2. The molecule has 4 heterocycles. The standard InChI is InChI=1S/C79H73N4OS.Pt/c1-49(2)55-43-67(50(3)4)74(68(44-55)51(5)6)57-41-60(46-62(42-57)84-61-35-36-65-71(47-61)83(73-34-20-21-37-80-73)76-66-28-16-19-33-72(66)85-77(65)76)81-48-82(70-32-18-17-31-69(70)81)75-63(54-27-22-26-53(38-54)52-24-14-13-15-25-52)29-23-30-64(75)56-39-58(78(7,8)9)45-59(40-56)79(10,11)12;/h13-45,48-51H,1-12H3;/q-3;. The minimum absolute atomic E-state index is 0. The number of hydrogen-bond donors (Lipinski definition) is 0. The van der Waals surface area contributed by atoms with Crippen molar-refractivity contribution in [3.05, 3.63) is 247 Å². The Morgan fingerprint density at radius 2 is 1.12 bits per heavy atom. The largest absolute Gasteiger partial charge is 0.509 e. The zero-order valence-corrected chi connectivity index (χ0v) is 54.4. The van der Waals surface area contributed by atoms with Crippen LogP contribution in [-0.4, -0.2) is 9.55 Å². The van der Waals surface area contributed by atoms with Crippen LogP contribution in [0.5, 0.6) is 11.5 Å². The van der Waals surface area contributed by atoms with Crippen molar-refractivity contribution in [2.75, 3.05) is 9.80 Å². The molecule has 0 aliphatic carbocycles. The van der Waals surface area contributed by atoms with Gasteiger partial charge in [0.1, 0.15) is 5.82 Å². The van der Waals surface area contributed by atoms with Gasteiger partial charge in [0, 0.05) is 81.7 Å². The van der Waals surface area contributed by atoms with E-state index < -0.39 is 0 Å². The molecule has 434 valence electrons. The summed E-state index contributed by atoms with van der Waals surface area (Å²) in [7, 11) is 0. The Balaban J connectivity index is 0.00000724. The molecular weight excluding hydrogens is 1250 g/mol. The fourth-order valence-corrected chi connectivity index (χ4v) is 13.5. The third-order valence-electron chi connectivity index (χ3n) is 16.9. The number of ether oxygens (including phenoxy) is 1. The zero-order chi connectivity index (χ0) is 59.1. The summed E-state index contributed by atoms with van der Waals surface area (Å²) in [6.45, 7) is 30.1. The van der Waals surface area contributed by atoms with Gasteiger partial charge in [-0.05, 0) is 121 Å². The monoisotopic (exact) mass is 1320 g/mol. The van der Waals surface area contributed by atoms with E-state index in [4.69, 9.17) is 9.72 Å². The summed E-state index contributed by atoms with van der Waals surface area (Å²) in [4.78, 5) is 9.66. The molecule has 0 fully saturated rings. The Labute approximate surface area is 527 Å². The van der Waals surface area contributed by atoms with Crippen LogP contribution >= 0.6 is 11.3 Å². The third kappa shape index (κ3) is 10.8. The summed E-state index contributed by atoms with van der Waals surface area (Å²) in [5.41, 5.74) is 21.8. The maximum absolute atomic E-state index is 7.25. The van der Waals surface area contributed by atoms with E-state index in [1.165, 1.54) is 64.9 Å². The maximum atomic E-state index is 7.25. The summed E-state index contributed by atoms with van der Waals surface area (Å²) in [5.74, 6) is 2.91. The Hall–Kier alpha value is -8.02. The van der Waals surface area contributed by atoms with Crippen molar-refractivity contribution >= 4 is 65.3 Å². The Morgan fingerprint density at radius 1 is 0.500 bits per heavy atom. The number of benzene rings is 9. The SMILES string of the molecule is CC(C)c1cc(C(C)C)c(-c2cc(Oc3[c-]c4c(cc3)c3sc5ccccc5c3n4-c3ccccn3)[c-]c(N3[CH-]N(c4c(-c5cccc(-c6ccccc6)c5)cccc4-c4cc(C(C)(C)C)cc(C(C)(C)C)c4)c4ccccc43)c2)c(C(C)C)c1.[Pt]. The first-order valence-corrected chi connectivity index (χ1v) is 30.9. The second-order valence-corrected chi connectivity index (χ2v) is 27.0. The summed E-state index contributed by atoms with van der Waals surface area (Å²) in [6.07, 6.45) is 1.86. The van der Waals surface area contributed by atoms with Crippen LogP contribution in [0.15, 0.2) is 200 Å². The van der Waals surface area contributed by atoms with Crippen LogP contribution in [0, 0.1) is 18.8 Å². The van der Waals surface area contributed by atoms with E-state index in [1.807, 2.05) is 29.7 Å². The number of pyridine rings is 1. The molecule has 12 aromatic rings. The molecule has 0 unspecified atom stereocenters. The first kappa shape index (κ1) is 58.4. The van der Waals surface area contributed by atoms with E-state index in [0.717, 1.165) is 67.2 Å². The Kier molecular flexibility index (Phi) is 15.6. The predicted molar refractivity (Wildman–Crippen MR) is 361 cm³/mol. The van der Waals surface area contributed by atoms with Gasteiger partial charge in [-0.3, -0.25) is 0 Å². The fraction of sp³-hybridized carbons (Fsp3) is 0.215. The normalized spacial score (nSPS) is 12.8. The molecule has 13 rings (SSSR count). The molecule has 1 aliphatic heterocycles. The molecule has 7 heteroatoms. The number of nitrogens with zero attached hydrogens (tertiary/aromatic N) is 4. The van der Waals surface area contributed by atoms with E-state index in [0.29, 0.717) is 17.4 Å². The minimum atomic E-state index is -0.0835. The van der Waals surface area contributed by atoms with Crippen LogP contribution in [0.3, 0.4) is 0 Å². The van der Waals surface area contributed by atoms with Crippen molar-refractivity contribution in [1.82, 2.24) is 9.55 Å². The summed E-state index contributed by atoms with van der Waals surface area (Å²) < 4.78 is 11.9. The molecule has 86 heavy (non-hydrogen) atoms. The summed E-state index contributed by atoms with van der Waals surface area (Å²) in [5, 5.41) is 2.30. The molecule has 0 atom stereocenters. The van der Waals surface area contributed by atoms with E-state index in [9.17, 15) is 0 Å². The van der Waals surface area contributed by atoms with Gasteiger partial charge >= 0.3 is 0 Å². The summed E-state index contributed by atoms with van der Waals surface area (Å²) >= 11 is 1.81. The number of fused-ring (bicyclic) bond motifs is 6. The van der Waals surface area contributed by atoms with Gasteiger partial charge in [-0.15, -0.1) is 59.6 Å². The summed E-state index contributed by atoms with van der Waals surface area (Å²) in [6, 6.07) is 78.8. The van der Waals surface area contributed by atoms with Gasteiger partial charge in [0.2, 0.25) is 0 Å². The molecule has 0 saturated carbocycles. The first-order chi connectivity index (χ1) is 40.9. The molecule has 0 amide bonds. The molecule has 5 nitrogen and oxygen atoms in total. The number of para-hydroxylation sites is 3. The van der Waals surface area contributed by atoms with Crippen molar-refractivity contribution in [3.8, 4) is 61.8 Å². The Morgan fingerprint density at radius 3 is 1.78 bits per heavy atom. The molecule has 0 spiro atoms. The van der Waals surface area contributed by atoms with Crippen LogP contribution < -0.4 is 14.5 Å². The van der Waals surface area contributed by atoms with E-state index in [2.05, 4.69) is 298 Å². The molecule has 0 radical (unpaired) electrons. The Bertz CT molecular complexity index is 4440. The molecule has 0 bridgehead atoms. The van der Waals surface area contributed by atoms with Crippen molar-refractivity contribution in [1.29, 1.82) is 0 Å². The predicted octanol–water partition coefficient (Wildman–Crippen LogP) is 22.8. The number of rotatable bonds is 12. The topological polar surface area (TPSA) is 33.5 Å². The maximum Gasteiger partial charge on any atom is 0.135 e. The number of thiophene rings is 1. The average molecular weight is 1320 g/mol. The van der Waals surface area contributed by atoms with Crippen LogP contribution in [0.4, 0.5) is 22.7 Å². The van der Waals surface area contributed by atoms with Gasteiger partial charge in [-0.2, -0.15) is 6.07 Å². The first-order valence-electron chi connectivity index (χ1n) is 30.1. The minimum Gasteiger partial charge on any atom is -0.509 e. The van der Waals surface area contributed by atoms with Crippen molar-refractivity contribution in [2.45, 2.75) is 112 Å². The van der Waals surface area contributed by atoms with Gasteiger partial charge in [0.05, 0.1) is 5.52 Å². The molecule has 0 saturated heterocycles. The molecule has 0 N–H and O–H groups in total. The third-order valence-corrected chi connectivity index (χ3v) is 18.1. The molecule has 9 aromatic carbocycles. The van der Waals surface area contributed by atoms with Crippen LogP contribution in [0.2, 0.25) is 0 Å². The van der Waals surface area contributed by atoms with E-state index in [1.54, 1.807) is 0 Å². The van der Waals surface area contributed by atoms with Crippen LogP contribution in [0.1, 0.15) is 129 Å². The van der Waals surface area contributed by atoms with Crippen molar-refractivity contribution in [2.24, 2.45) is 0 Å². The molecular formula is C79H73N4OPtS-3.